The molecule has 0 radical (unpaired) electrons. The van der Waals surface area contributed by atoms with Crippen molar-refractivity contribution in [2.75, 3.05) is 18.0 Å². The van der Waals surface area contributed by atoms with E-state index in [4.69, 9.17) is 0 Å². The van der Waals surface area contributed by atoms with Gasteiger partial charge >= 0.3 is 0 Å². The van der Waals surface area contributed by atoms with Gasteiger partial charge in [-0.1, -0.05) is 32.3 Å². The number of nitrogens with one attached hydrogen (secondary N) is 1. The SMILES string of the molecule is CCCNCc1c(F)cccc1N(CC)C1CCCCC1. The molecule has 118 valence electrons. The quantitative estimate of drug-likeness (QED) is 0.745. The fraction of sp³-hybridized carbons (Fsp3) is 0.667. The number of halogens is 1. The van der Waals surface area contributed by atoms with Crippen LogP contribution in [0.5, 0.6) is 0 Å². The lowest BCUT2D eigenvalue weighted by Crippen LogP contribution is -2.37. The minimum atomic E-state index is -0.0784. The van der Waals surface area contributed by atoms with Crippen LogP contribution in [0.4, 0.5) is 10.1 Å². The van der Waals surface area contributed by atoms with E-state index in [1.54, 1.807) is 6.07 Å². The van der Waals surface area contributed by atoms with Crippen LogP contribution in [-0.2, 0) is 6.54 Å². The van der Waals surface area contributed by atoms with Gasteiger partial charge < -0.3 is 10.2 Å². The zero-order chi connectivity index (χ0) is 15.1. The highest BCUT2D eigenvalue weighted by molar-refractivity contribution is 5.55. The van der Waals surface area contributed by atoms with E-state index in [0.29, 0.717) is 12.6 Å². The molecule has 0 amide bonds. The lowest BCUT2D eigenvalue weighted by atomic mass is 9.93. The Morgan fingerprint density at radius 1 is 1.19 bits per heavy atom. The third-order valence-electron chi connectivity index (χ3n) is 4.49. The number of anilines is 1. The van der Waals surface area contributed by atoms with Gasteiger partial charge in [0.25, 0.3) is 0 Å². The molecule has 1 saturated carbocycles. The van der Waals surface area contributed by atoms with Crippen LogP contribution >= 0.6 is 0 Å². The van der Waals surface area contributed by atoms with E-state index in [1.165, 1.54) is 32.1 Å². The maximum atomic E-state index is 14.3. The highest BCUT2D eigenvalue weighted by atomic mass is 19.1. The van der Waals surface area contributed by atoms with Gasteiger partial charge in [0.15, 0.2) is 0 Å². The minimum Gasteiger partial charge on any atom is -0.368 e. The Kier molecular flexibility index (Phi) is 6.50. The molecule has 1 aliphatic rings. The van der Waals surface area contributed by atoms with Gasteiger partial charge in [-0.2, -0.15) is 0 Å². The van der Waals surface area contributed by atoms with Crippen molar-refractivity contribution < 1.29 is 4.39 Å². The lowest BCUT2D eigenvalue weighted by Gasteiger charge is -2.36. The first-order valence-electron chi connectivity index (χ1n) is 8.52. The molecule has 0 aliphatic heterocycles. The average molecular weight is 292 g/mol. The fourth-order valence-electron chi connectivity index (χ4n) is 3.40. The Balaban J connectivity index is 2.20. The minimum absolute atomic E-state index is 0.0784. The third-order valence-corrected chi connectivity index (χ3v) is 4.49. The Morgan fingerprint density at radius 2 is 1.95 bits per heavy atom. The first-order chi connectivity index (χ1) is 10.3. The van der Waals surface area contributed by atoms with E-state index in [1.807, 2.05) is 6.07 Å². The zero-order valence-corrected chi connectivity index (χ0v) is 13.5. The summed E-state index contributed by atoms with van der Waals surface area (Å²) in [6, 6.07) is 6.10. The molecule has 0 saturated heterocycles. The smallest absolute Gasteiger partial charge is 0.129 e. The molecule has 2 nitrogen and oxygen atoms in total. The van der Waals surface area contributed by atoms with Crippen molar-refractivity contribution in [2.45, 2.75) is 65.0 Å². The van der Waals surface area contributed by atoms with Crippen molar-refractivity contribution in [2.24, 2.45) is 0 Å². The molecule has 3 heteroatoms. The summed E-state index contributed by atoms with van der Waals surface area (Å²) in [6.07, 6.45) is 7.52. The highest BCUT2D eigenvalue weighted by Gasteiger charge is 2.23. The van der Waals surface area contributed by atoms with Crippen molar-refractivity contribution >= 4 is 5.69 Å². The molecule has 0 heterocycles. The molecule has 0 aromatic heterocycles. The summed E-state index contributed by atoms with van der Waals surface area (Å²) in [5.41, 5.74) is 1.92. The molecule has 0 spiro atoms. The molecule has 1 fully saturated rings. The van der Waals surface area contributed by atoms with Gasteiger partial charge in [0.2, 0.25) is 0 Å². The van der Waals surface area contributed by atoms with Crippen molar-refractivity contribution in [3.05, 3.63) is 29.6 Å². The van der Waals surface area contributed by atoms with E-state index in [0.717, 1.165) is 30.8 Å². The largest absolute Gasteiger partial charge is 0.368 e. The van der Waals surface area contributed by atoms with Crippen LogP contribution in [0.15, 0.2) is 18.2 Å². The van der Waals surface area contributed by atoms with E-state index >= 15 is 0 Å². The van der Waals surface area contributed by atoms with E-state index < -0.39 is 0 Å². The number of benzene rings is 1. The average Bonchev–Trinajstić information content (AvgIpc) is 2.52. The zero-order valence-electron chi connectivity index (χ0n) is 13.5. The summed E-state index contributed by atoms with van der Waals surface area (Å²) in [5.74, 6) is -0.0784. The van der Waals surface area contributed by atoms with Crippen LogP contribution in [0.2, 0.25) is 0 Å². The summed E-state index contributed by atoms with van der Waals surface area (Å²) in [5, 5.41) is 3.35. The Labute approximate surface area is 128 Å². The maximum absolute atomic E-state index is 14.3. The number of hydrogen-bond donors (Lipinski definition) is 1. The first-order valence-corrected chi connectivity index (χ1v) is 8.52. The van der Waals surface area contributed by atoms with Crippen LogP contribution in [0.25, 0.3) is 0 Å². The van der Waals surface area contributed by atoms with Gasteiger partial charge in [-0.25, -0.2) is 4.39 Å². The van der Waals surface area contributed by atoms with Crippen LogP contribution in [0, 0.1) is 5.82 Å². The molecule has 0 unspecified atom stereocenters. The second-order valence-electron chi connectivity index (χ2n) is 5.99. The second-order valence-corrected chi connectivity index (χ2v) is 5.99. The van der Waals surface area contributed by atoms with Gasteiger partial charge in [0, 0.05) is 30.4 Å². The standard InChI is InChI=1S/C18H29FN2/c1-3-13-20-14-16-17(19)11-8-12-18(16)21(4-2)15-9-6-5-7-10-15/h8,11-12,15,20H,3-7,9-10,13-14H2,1-2H3. The maximum Gasteiger partial charge on any atom is 0.129 e. The Hall–Kier alpha value is -1.09. The summed E-state index contributed by atoms with van der Waals surface area (Å²) in [6.45, 7) is 6.83. The summed E-state index contributed by atoms with van der Waals surface area (Å²) in [7, 11) is 0. The van der Waals surface area contributed by atoms with Crippen LogP contribution < -0.4 is 10.2 Å². The molecule has 1 aromatic rings. The molecule has 0 atom stereocenters. The molecule has 2 rings (SSSR count). The predicted molar refractivity (Wildman–Crippen MR) is 88.3 cm³/mol. The van der Waals surface area contributed by atoms with E-state index in [2.05, 4.69) is 30.1 Å². The van der Waals surface area contributed by atoms with Crippen LogP contribution in [0.3, 0.4) is 0 Å². The highest BCUT2D eigenvalue weighted by Crippen LogP contribution is 2.30. The van der Waals surface area contributed by atoms with Crippen molar-refractivity contribution in [3.8, 4) is 0 Å². The molecule has 1 aliphatic carbocycles. The normalized spacial score (nSPS) is 16.1. The summed E-state index contributed by atoms with van der Waals surface area (Å²) < 4.78 is 14.3. The number of rotatable bonds is 7. The van der Waals surface area contributed by atoms with Gasteiger partial charge in [0.1, 0.15) is 5.82 Å². The van der Waals surface area contributed by atoms with Crippen molar-refractivity contribution in [1.82, 2.24) is 5.32 Å². The molecule has 1 aromatic carbocycles. The van der Waals surface area contributed by atoms with Gasteiger partial charge in [0.05, 0.1) is 0 Å². The topological polar surface area (TPSA) is 15.3 Å². The Morgan fingerprint density at radius 3 is 2.62 bits per heavy atom. The van der Waals surface area contributed by atoms with E-state index in [9.17, 15) is 4.39 Å². The lowest BCUT2D eigenvalue weighted by molar-refractivity contribution is 0.416. The monoisotopic (exact) mass is 292 g/mol. The first kappa shape index (κ1) is 16.3. The fourth-order valence-corrected chi connectivity index (χ4v) is 3.40. The number of hydrogen-bond acceptors (Lipinski definition) is 2. The summed E-state index contributed by atoms with van der Waals surface area (Å²) >= 11 is 0. The molecule has 21 heavy (non-hydrogen) atoms. The van der Waals surface area contributed by atoms with Crippen molar-refractivity contribution in [1.29, 1.82) is 0 Å². The predicted octanol–water partition coefficient (Wildman–Crippen LogP) is 4.48. The van der Waals surface area contributed by atoms with Crippen molar-refractivity contribution in [3.63, 3.8) is 0 Å². The van der Waals surface area contributed by atoms with Crippen LogP contribution in [0.1, 0.15) is 57.9 Å². The molecule has 0 bridgehead atoms. The van der Waals surface area contributed by atoms with Gasteiger partial charge in [-0.3, -0.25) is 0 Å². The second kappa shape index (κ2) is 8.38. The molecular weight excluding hydrogens is 263 g/mol. The molecular formula is C18H29FN2. The van der Waals surface area contributed by atoms with E-state index in [-0.39, 0.29) is 5.82 Å². The summed E-state index contributed by atoms with van der Waals surface area (Å²) in [4.78, 5) is 2.42. The third kappa shape index (κ3) is 4.19. The molecule has 1 N–H and O–H groups in total. The van der Waals surface area contributed by atoms with Gasteiger partial charge in [-0.05, 0) is 44.9 Å². The van der Waals surface area contributed by atoms with Crippen LogP contribution in [-0.4, -0.2) is 19.1 Å². The van der Waals surface area contributed by atoms with Gasteiger partial charge in [-0.15, -0.1) is 0 Å². The number of nitrogens with zero attached hydrogens (tertiary/aromatic N) is 1. The Bertz CT molecular complexity index is 427.